The smallest absolute Gasteiger partial charge is 0.413 e. The summed E-state index contributed by atoms with van der Waals surface area (Å²) in [5.74, 6) is 0. The summed E-state index contributed by atoms with van der Waals surface area (Å²) in [6.45, 7) is -0.0207. The Morgan fingerprint density at radius 2 is 2.22 bits per heavy atom. The molecule has 2 rings (SSSR count). The standard InChI is InChI=1S/C10H8Cl2N4O2/c11-8-2-1-7(3-9(8)12)15-10(17)18-6-16-5-13-4-14-16/h1-5H,6H2,(H,15,17). The number of amides is 1. The predicted octanol–water partition coefficient (Wildman–Crippen LogP) is 2.79. The molecule has 94 valence electrons. The van der Waals surface area contributed by atoms with Crippen molar-refractivity contribution in [2.45, 2.75) is 6.73 Å². The summed E-state index contributed by atoms with van der Waals surface area (Å²) in [5.41, 5.74) is 0.494. The van der Waals surface area contributed by atoms with Crippen LogP contribution in [0.4, 0.5) is 10.5 Å². The zero-order chi connectivity index (χ0) is 13.0. The SMILES string of the molecule is O=C(Nc1ccc(Cl)c(Cl)c1)OCn1cncn1. The van der Waals surface area contributed by atoms with Crippen LogP contribution in [0.3, 0.4) is 0 Å². The van der Waals surface area contributed by atoms with Gasteiger partial charge >= 0.3 is 6.09 Å². The van der Waals surface area contributed by atoms with Gasteiger partial charge in [-0.1, -0.05) is 23.2 Å². The fraction of sp³-hybridized carbons (Fsp3) is 0.100. The molecule has 0 aliphatic carbocycles. The summed E-state index contributed by atoms with van der Waals surface area (Å²) >= 11 is 11.6. The van der Waals surface area contributed by atoms with Gasteiger partial charge in [0, 0.05) is 5.69 Å². The molecule has 0 fully saturated rings. The van der Waals surface area contributed by atoms with Crippen molar-refractivity contribution in [1.29, 1.82) is 0 Å². The maximum absolute atomic E-state index is 11.4. The summed E-state index contributed by atoms with van der Waals surface area (Å²) in [6.07, 6.45) is 2.16. The van der Waals surface area contributed by atoms with Gasteiger partial charge in [-0.25, -0.2) is 14.5 Å². The van der Waals surface area contributed by atoms with Gasteiger partial charge in [-0.15, -0.1) is 0 Å². The number of anilines is 1. The molecule has 0 bridgehead atoms. The zero-order valence-corrected chi connectivity index (χ0v) is 10.5. The molecule has 0 aliphatic rings. The van der Waals surface area contributed by atoms with E-state index in [-0.39, 0.29) is 6.73 Å². The summed E-state index contributed by atoms with van der Waals surface area (Å²) in [5, 5.41) is 7.06. The minimum absolute atomic E-state index is 0.0207. The number of benzene rings is 1. The zero-order valence-electron chi connectivity index (χ0n) is 9.01. The molecule has 0 aliphatic heterocycles. The average molecular weight is 287 g/mol. The molecule has 1 N–H and O–H groups in total. The molecule has 1 aromatic heterocycles. The normalized spacial score (nSPS) is 10.1. The van der Waals surface area contributed by atoms with Gasteiger partial charge < -0.3 is 4.74 Å². The molecule has 1 heterocycles. The third kappa shape index (κ3) is 3.35. The molecule has 8 heteroatoms. The monoisotopic (exact) mass is 286 g/mol. The molecule has 0 unspecified atom stereocenters. The van der Waals surface area contributed by atoms with Gasteiger partial charge in [-0.05, 0) is 18.2 Å². The lowest BCUT2D eigenvalue weighted by Gasteiger charge is -2.07. The van der Waals surface area contributed by atoms with E-state index in [0.29, 0.717) is 15.7 Å². The van der Waals surface area contributed by atoms with E-state index in [1.54, 1.807) is 12.1 Å². The second kappa shape index (κ2) is 5.70. The lowest BCUT2D eigenvalue weighted by atomic mass is 10.3. The van der Waals surface area contributed by atoms with Gasteiger partial charge in [0.05, 0.1) is 10.0 Å². The van der Waals surface area contributed by atoms with Crippen LogP contribution in [0.15, 0.2) is 30.9 Å². The third-order valence-corrected chi connectivity index (χ3v) is 2.70. The van der Waals surface area contributed by atoms with E-state index in [9.17, 15) is 4.79 Å². The average Bonchev–Trinajstić information content (AvgIpc) is 2.84. The maximum Gasteiger partial charge on any atom is 0.413 e. The van der Waals surface area contributed by atoms with Crippen LogP contribution in [0, 0.1) is 0 Å². The minimum atomic E-state index is -0.621. The Morgan fingerprint density at radius 3 is 2.89 bits per heavy atom. The van der Waals surface area contributed by atoms with Crippen LogP contribution in [-0.2, 0) is 11.5 Å². The van der Waals surface area contributed by atoms with Crippen LogP contribution >= 0.6 is 23.2 Å². The Morgan fingerprint density at radius 1 is 1.39 bits per heavy atom. The fourth-order valence-corrected chi connectivity index (χ4v) is 1.45. The summed E-state index contributed by atoms with van der Waals surface area (Å²) in [6, 6.07) is 4.72. The quantitative estimate of drug-likeness (QED) is 0.942. The molecule has 6 nitrogen and oxygen atoms in total. The van der Waals surface area contributed by atoms with Crippen molar-refractivity contribution in [2.24, 2.45) is 0 Å². The van der Waals surface area contributed by atoms with E-state index < -0.39 is 6.09 Å². The van der Waals surface area contributed by atoms with E-state index in [2.05, 4.69) is 15.4 Å². The molecule has 1 aromatic carbocycles. The fourth-order valence-electron chi connectivity index (χ4n) is 1.15. The maximum atomic E-state index is 11.4. The van der Waals surface area contributed by atoms with Gasteiger partial charge in [-0.3, -0.25) is 5.32 Å². The summed E-state index contributed by atoms with van der Waals surface area (Å²) in [4.78, 5) is 15.1. The number of ether oxygens (including phenoxy) is 1. The Hall–Kier alpha value is -1.79. The number of nitrogens with one attached hydrogen (secondary N) is 1. The van der Waals surface area contributed by atoms with Gasteiger partial charge in [0.15, 0.2) is 6.73 Å². The van der Waals surface area contributed by atoms with Crippen molar-refractivity contribution in [3.63, 3.8) is 0 Å². The largest absolute Gasteiger partial charge is 0.426 e. The van der Waals surface area contributed by atoms with Crippen LogP contribution in [0.2, 0.25) is 10.0 Å². The molecule has 2 aromatic rings. The van der Waals surface area contributed by atoms with Gasteiger partial charge in [-0.2, -0.15) is 5.10 Å². The van der Waals surface area contributed by atoms with Crippen LogP contribution in [0.1, 0.15) is 0 Å². The highest BCUT2D eigenvalue weighted by atomic mass is 35.5. The number of halogens is 2. The van der Waals surface area contributed by atoms with E-state index in [1.807, 2.05) is 0 Å². The number of hydrogen-bond acceptors (Lipinski definition) is 4. The first-order valence-electron chi connectivity index (χ1n) is 4.86. The number of hydrogen-bond donors (Lipinski definition) is 1. The Labute approximate surface area is 112 Å². The van der Waals surface area contributed by atoms with Gasteiger partial charge in [0.25, 0.3) is 0 Å². The summed E-state index contributed by atoms with van der Waals surface area (Å²) < 4.78 is 6.26. The third-order valence-electron chi connectivity index (χ3n) is 1.96. The van der Waals surface area contributed by atoms with Crippen molar-refractivity contribution in [1.82, 2.24) is 14.8 Å². The molecule has 0 saturated heterocycles. The second-order valence-corrected chi connectivity index (χ2v) is 4.06. The van der Waals surface area contributed by atoms with Crippen molar-refractivity contribution in [2.75, 3.05) is 5.32 Å². The molecular formula is C10H8Cl2N4O2. The highest BCUT2D eigenvalue weighted by Crippen LogP contribution is 2.24. The van der Waals surface area contributed by atoms with Crippen LogP contribution in [-0.4, -0.2) is 20.9 Å². The van der Waals surface area contributed by atoms with Crippen LogP contribution < -0.4 is 5.32 Å². The van der Waals surface area contributed by atoms with Crippen LogP contribution in [0.25, 0.3) is 0 Å². The first-order valence-corrected chi connectivity index (χ1v) is 5.62. The van der Waals surface area contributed by atoms with E-state index in [4.69, 9.17) is 27.9 Å². The molecule has 0 radical (unpaired) electrons. The molecule has 0 atom stereocenters. The Bertz CT molecular complexity index is 545. The predicted molar refractivity (Wildman–Crippen MR) is 66.6 cm³/mol. The lowest BCUT2D eigenvalue weighted by molar-refractivity contribution is 0.121. The first-order chi connectivity index (χ1) is 8.65. The van der Waals surface area contributed by atoms with Gasteiger partial charge in [0.1, 0.15) is 12.7 Å². The topological polar surface area (TPSA) is 69.0 Å². The highest BCUT2D eigenvalue weighted by molar-refractivity contribution is 6.42. The van der Waals surface area contributed by atoms with Crippen molar-refractivity contribution < 1.29 is 9.53 Å². The molecular weight excluding hydrogens is 279 g/mol. The van der Waals surface area contributed by atoms with Crippen molar-refractivity contribution in [3.05, 3.63) is 40.9 Å². The highest BCUT2D eigenvalue weighted by Gasteiger charge is 2.05. The lowest BCUT2D eigenvalue weighted by Crippen LogP contribution is -2.16. The van der Waals surface area contributed by atoms with Crippen molar-refractivity contribution >= 4 is 35.0 Å². The Kier molecular flexibility index (Phi) is 4.01. The number of carbonyl (C=O) groups is 1. The van der Waals surface area contributed by atoms with E-state index >= 15 is 0 Å². The minimum Gasteiger partial charge on any atom is -0.426 e. The van der Waals surface area contributed by atoms with Crippen molar-refractivity contribution in [3.8, 4) is 0 Å². The molecule has 1 amide bonds. The Balaban J connectivity index is 1.88. The first kappa shape index (κ1) is 12.7. The van der Waals surface area contributed by atoms with E-state index in [1.165, 1.54) is 23.4 Å². The number of nitrogens with zero attached hydrogens (tertiary/aromatic N) is 3. The molecule has 0 spiro atoms. The van der Waals surface area contributed by atoms with Gasteiger partial charge in [0.2, 0.25) is 0 Å². The number of aromatic nitrogens is 3. The van der Waals surface area contributed by atoms with E-state index in [0.717, 1.165) is 0 Å². The second-order valence-electron chi connectivity index (χ2n) is 3.25. The summed E-state index contributed by atoms with van der Waals surface area (Å²) in [7, 11) is 0. The van der Waals surface area contributed by atoms with Crippen LogP contribution in [0.5, 0.6) is 0 Å². The number of carbonyl (C=O) groups excluding carboxylic acids is 1. The molecule has 18 heavy (non-hydrogen) atoms. The molecule has 0 saturated carbocycles. The number of rotatable bonds is 3.